The van der Waals surface area contributed by atoms with E-state index in [4.69, 9.17) is 14.6 Å². The van der Waals surface area contributed by atoms with Crippen LogP contribution in [-0.4, -0.2) is 47.1 Å². The standard InChI is InChI=1S/C12H14N2O7S/c1-20-7-3-6(14(18)19)10(21-2)8(9(7)15)11-13-5(4-22-11)12(16)17/h3,5,11,13,15H,4H2,1-2H3,(H,16,17). The van der Waals surface area contributed by atoms with Gasteiger partial charge in [-0.05, 0) is 0 Å². The zero-order valence-electron chi connectivity index (χ0n) is 11.7. The van der Waals surface area contributed by atoms with E-state index in [1.807, 2.05) is 0 Å². The van der Waals surface area contributed by atoms with Crippen molar-refractivity contribution in [2.24, 2.45) is 0 Å². The van der Waals surface area contributed by atoms with Gasteiger partial charge in [0.25, 0.3) is 0 Å². The van der Waals surface area contributed by atoms with Crippen LogP contribution in [0.15, 0.2) is 6.07 Å². The molecule has 22 heavy (non-hydrogen) atoms. The summed E-state index contributed by atoms with van der Waals surface area (Å²) < 4.78 is 10.0. The number of thioether (sulfide) groups is 1. The Kier molecular flexibility index (Phi) is 4.62. The van der Waals surface area contributed by atoms with Gasteiger partial charge in [-0.25, -0.2) is 0 Å². The minimum atomic E-state index is -1.04. The number of hydrogen-bond donors (Lipinski definition) is 3. The van der Waals surface area contributed by atoms with Crippen LogP contribution >= 0.6 is 11.8 Å². The number of aliphatic carboxylic acids is 1. The monoisotopic (exact) mass is 330 g/mol. The average molecular weight is 330 g/mol. The lowest BCUT2D eigenvalue weighted by Crippen LogP contribution is -2.33. The maximum Gasteiger partial charge on any atom is 0.321 e. The van der Waals surface area contributed by atoms with Gasteiger partial charge in [0.05, 0.1) is 36.1 Å². The minimum absolute atomic E-state index is 0.0799. The molecule has 3 N–H and O–H groups in total. The number of carbonyl (C=O) groups is 1. The average Bonchev–Trinajstić information content (AvgIpc) is 2.95. The summed E-state index contributed by atoms with van der Waals surface area (Å²) in [4.78, 5) is 21.5. The van der Waals surface area contributed by atoms with E-state index < -0.39 is 22.3 Å². The minimum Gasteiger partial charge on any atom is -0.504 e. The second-order valence-electron chi connectivity index (χ2n) is 4.42. The van der Waals surface area contributed by atoms with Crippen LogP contribution in [0.1, 0.15) is 10.9 Å². The third kappa shape index (κ3) is 2.74. The Morgan fingerprint density at radius 3 is 2.64 bits per heavy atom. The fourth-order valence-electron chi connectivity index (χ4n) is 2.17. The molecule has 0 amide bonds. The number of nitro benzene ring substituents is 1. The predicted octanol–water partition coefficient (Wildman–Crippen LogP) is 1.11. The summed E-state index contributed by atoms with van der Waals surface area (Å²) in [5, 5.41) is 32.6. The Bertz CT molecular complexity index is 622. The predicted molar refractivity (Wildman–Crippen MR) is 77.6 cm³/mol. The van der Waals surface area contributed by atoms with Crippen molar-refractivity contribution >= 4 is 23.4 Å². The molecule has 1 saturated heterocycles. The van der Waals surface area contributed by atoms with Crippen molar-refractivity contribution in [2.75, 3.05) is 20.0 Å². The maximum atomic E-state index is 11.2. The lowest BCUT2D eigenvalue weighted by molar-refractivity contribution is -0.385. The molecule has 1 aromatic rings. The third-order valence-corrected chi connectivity index (χ3v) is 4.43. The van der Waals surface area contributed by atoms with E-state index in [-0.39, 0.29) is 34.3 Å². The molecular formula is C12H14N2O7S. The number of hydrogen-bond acceptors (Lipinski definition) is 8. The molecule has 120 valence electrons. The first-order chi connectivity index (χ1) is 10.4. The summed E-state index contributed by atoms with van der Waals surface area (Å²) >= 11 is 1.21. The highest BCUT2D eigenvalue weighted by atomic mass is 32.2. The van der Waals surface area contributed by atoms with Gasteiger partial charge >= 0.3 is 11.7 Å². The van der Waals surface area contributed by atoms with Crippen molar-refractivity contribution in [2.45, 2.75) is 11.4 Å². The number of carboxylic acid groups (broad SMARTS) is 1. The number of nitro groups is 1. The zero-order chi connectivity index (χ0) is 16.4. The second kappa shape index (κ2) is 6.28. The Hall–Kier alpha value is -2.20. The van der Waals surface area contributed by atoms with Crippen molar-refractivity contribution in [3.63, 3.8) is 0 Å². The first kappa shape index (κ1) is 16.2. The first-order valence-electron chi connectivity index (χ1n) is 6.13. The van der Waals surface area contributed by atoms with Crippen molar-refractivity contribution in [3.8, 4) is 17.2 Å². The summed E-state index contributed by atoms with van der Waals surface area (Å²) in [6.45, 7) is 0. The van der Waals surface area contributed by atoms with Gasteiger partial charge in [-0.1, -0.05) is 0 Å². The molecule has 0 spiro atoms. The fourth-order valence-corrected chi connectivity index (χ4v) is 3.44. The summed E-state index contributed by atoms with van der Waals surface area (Å²) in [6, 6.07) is 0.246. The van der Waals surface area contributed by atoms with E-state index in [0.717, 1.165) is 6.07 Å². The summed E-state index contributed by atoms with van der Waals surface area (Å²) in [5.74, 6) is -1.30. The number of ether oxygens (including phenoxy) is 2. The van der Waals surface area contributed by atoms with Gasteiger partial charge in [0, 0.05) is 5.75 Å². The van der Waals surface area contributed by atoms with E-state index in [1.165, 1.54) is 26.0 Å². The molecule has 1 heterocycles. The van der Waals surface area contributed by atoms with E-state index >= 15 is 0 Å². The lowest BCUT2D eigenvalue weighted by Gasteiger charge is -2.18. The van der Waals surface area contributed by atoms with Crippen molar-refractivity contribution in [1.29, 1.82) is 0 Å². The molecular weight excluding hydrogens is 316 g/mol. The Morgan fingerprint density at radius 2 is 2.18 bits per heavy atom. The van der Waals surface area contributed by atoms with Crippen LogP contribution < -0.4 is 14.8 Å². The Balaban J connectivity index is 2.56. The molecule has 0 aliphatic carbocycles. The van der Waals surface area contributed by atoms with E-state index in [1.54, 1.807) is 0 Å². The third-order valence-electron chi connectivity index (χ3n) is 3.20. The highest BCUT2D eigenvalue weighted by Gasteiger charge is 2.37. The van der Waals surface area contributed by atoms with Crippen LogP contribution in [-0.2, 0) is 4.79 Å². The molecule has 1 fully saturated rings. The van der Waals surface area contributed by atoms with Crippen molar-refractivity contribution < 1.29 is 29.4 Å². The van der Waals surface area contributed by atoms with Gasteiger partial charge in [0.1, 0.15) is 6.04 Å². The molecule has 1 aromatic carbocycles. The molecule has 0 bridgehead atoms. The number of nitrogens with one attached hydrogen (secondary N) is 1. The zero-order valence-corrected chi connectivity index (χ0v) is 12.5. The first-order valence-corrected chi connectivity index (χ1v) is 7.18. The normalized spacial score (nSPS) is 20.6. The lowest BCUT2D eigenvalue weighted by atomic mass is 10.1. The molecule has 1 aliphatic rings. The number of rotatable bonds is 5. The van der Waals surface area contributed by atoms with Gasteiger partial charge in [0.2, 0.25) is 5.75 Å². The van der Waals surface area contributed by atoms with Crippen molar-refractivity contribution in [1.82, 2.24) is 5.32 Å². The van der Waals surface area contributed by atoms with E-state index in [9.17, 15) is 20.0 Å². The Morgan fingerprint density at radius 1 is 1.50 bits per heavy atom. The van der Waals surface area contributed by atoms with Crippen LogP contribution in [0, 0.1) is 10.1 Å². The Labute approximate surface area is 129 Å². The molecule has 2 rings (SSSR count). The smallest absolute Gasteiger partial charge is 0.321 e. The SMILES string of the molecule is COc1cc([N+](=O)[O-])c(OC)c(C2NC(C(=O)O)CS2)c1O. The van der Waals surface area contributed by atoms with E-state index in [0.29, 0.717) is 0 Å². The molecule has 0 aromatic heterocycles. The van der Waals surface area contributed by atoms with Gasteiger partial charge < -0.3 is 19.7 Å². The van der Waals surface area contributed by atoms with Gasteiger partial charge in [0.15, 0.2) is 11.5 Å². The van der Waals surface area contributed by atoms with Crippen LogP contribution in [0.25, 0.3) is 0 Å². The molecule has 0 radical (unpaired) electrons. The van der Waals surface area contributed by atoms with E-state index in [2.05, 4.69) is 5.32 Å². The number of carboxylic acids is 1. The molecule has 2 unspecified atom stereocenters. The molecule has 0 saturated carbocycles. The van der Waals surface area contributed by atoms with Crippen LogP contribution in [0.2, 0.25) is 0 Å². The van der Waals surface area contributed by atoms with Crippen LogP contribution in [0.5, 0.6) is 17.2 Å². The molecule has 2 atom stereocenters. The molecule has 1 aliphatic heterocycles. The van der Waals surface area contributed by atoms with Gasteiger partial charge in [-0.3, -0.25) is 20.2 Å². The second-order valence-corrected chi connectivity index (χ2v) is 5.56. The van der Waals surface area contributed by atoms with Crippen molar-refractivity contribution in [3.05, 3.63) is 21.7 Å². The number of methoxy groups -OCH3 is 2. The largest absolute Gasteiger partial charge is 0.504 e. The van der Waals surface area contributed by atoms with Crippen LogP contribution in [0.4, 0.5) is 5.69 Å². The van der Waals surface area contributed by atoms with Gasteiger partial charge in [-0.2, -0.15) is 0 Å². The topological polar surface area (TPSA) is 131 Å². The molecule has 10 heteroatoms. The van der Waals surface area contributed by atoms with Gasteiger partial charge in [-0.15, -0.1) is 11.8 Å². The number of nitrogens with zero attached hydrogens (tertiary/aromatic N) is 1. The highest BCUT2D eigenvalue weighted by molar-refractivity contribution is 7.99. The highest BCUT2D eigenvalue weighted by Crippen LogP contribution is 2.50. The fraction of sp³-hybridized carbons (Fsp3) is 0.417. The number of aromatic hydroxyl groups is 1. The summed E-state index contributed by atoms with van der Waals surface area (Å²) in [5.41, 5.74) is -0.268. The summed E-state index contributed by atoms with van der Waals surface area (Å²) in [7, 11) is 2.51. The number of benzene rings is 1. The maximum absolute atomic E-state index is 11.2. The van der Waals surface area contributed by atoms with Crippen LogP contribution in [0.3, 0.4) is 0 Å². The molecule has 9 nitrogen and oxygen atoms in total. The number of phenols is 1. The number of phenolic OH excluding ortho intramolecular Hbond substituents is 1. The summed E-state index contributed by atoms with van der Waals surface area (Å²) in [6.07, 6.45) is 0. The quantitative estimate of drug-likeness (QED) is 0.536.